The van der Waals surface area contributed by atoms with Crippen molar-refractivity contribution < 1.29 is 18.3 Å². The number of aromatic nitrogens is 1. The molecule has 4 nitrogen and oxygen atoms in total. The van der Waals surface area contributed by atoms with Gasteiger partial charge in [0.25, 0.3) is 5.91 Å². The predicted octanol–water partition coefficient (Wildman–Crippen LogP) is 4.67. The summed E-state index contributed by atoms with van der Waals surface area (Å²) in [6, 6.07) is 10.0. The molecule has 0 aliphatic carbocycles. The van der Waals surface area contributed by atoms with Gasteiger partial charge in [-0.1, -0.05) is 6.07 Å². The Balaban J connectivity index is 1.55. The average Bonchev–Trinajstić information content (AvgIpc) is 3.09. The van der Waals surface area contributed by atoms with Gasteiger partial charge in [0.05, 0.1) is 10.7 Å². The average molecular weight is 402 g/mol. The zero-order chi connectivity index (χ0) is 20.1. The van der Waals surface area contributed by atoms with Crippen molar-refractivity contribution in [3.63, 3.8) is 0 Å². The first-order chi connectivity index (χ1) is 13.4. The molecule has 0 saturated heterocycles. The zero-order valence-electron chi connectivity index (χ0n) is 15.5. The third-order valence-corrected chi connectivity index (χ3v) is 4.94. The lowest BCUT2D eigenvalue weighted by Crippen LogP contribution is -2.34. The highest BCUT2D eigenvalue weighted by molar-refractivity contribution is 7.09. The predicted molar refractivity (Wildman–Crippen MR) is 105 cm³/mol. The highest BCUT2D eigenvalue weighted by Crippen LogP contribution is 2.17. The van der Waals surface area contributed by atoms with Crippen molar-refractivity contribution in [2.75, 3.05) is 0 Å². The topological polar surface area (TPSA) is 51.2 Å². The van der Waals surface area contributed by atoms with Gasteiger partial charge in [-0.3, -0.25) is 4.79 Å². The molecule has 1 aromatic heterocycles. The van der Waals surface area contributed by atoms with E-state index in [1.54, 1.807) is 42.5 Å². The Labute approximate surface area is 166 Å². The number of nitrogens with zero attached hydrogens (tertiary/aromatic N) is 1. The lowest BCUT2D eigenvalue weighted by Gasteiger charge is -2.15. The van der Waals surface area contributed by atoms with Crippen molar-refractivity contribution in [2.45, 2.75) is 32.9 Å². The van der Waals surface area contributed by atoms with E-state index < -0.39 is 17.7 Å². The molecule has 1 unspecified atom stereocenters. The van der Waals surface area contributed by atoms with Crippen molar-refractivity contribution in [1.82, 2.24) is 10.3 Å². The van der Waals surface area contributed by atoms with Crippen LogP contribution in [-0.2, 0) is 13.0 Å². The molecule has 0 aliphatic heterocycles. The molecule has 1 amide bonds. The normalized spacial score (nSPS) is 11.9. The standard InChI is InChI=1S/C21H20F2N2O2S/c1-13(10-18-19(22)4-3-5-20(18)23)24-21(26)15-6-8-17(9-7-15)27-11-16-12-28-14(2)25-16/h3-9,12-13H,10-11H2,1-2H3,(H,24,26). The number of halogens is 2. The number of nitrogens with one attached hydrogen (secondary N) is 1. The number of hydrogen-bond acceptors (Lipinski definition) is 4. The third kappa shape index (κ3) is 5.13. The summed E-state index contributed by atoms with van der Waals surface area (Å²) < 4.78 is 33.1. The van der Waals surface area contributed by atoms with E-state index >= 15 is 0 Å². The number of thiazole rings is 1. The van der Waals surface area contributed by atoms with E-state index in [9.17, 15) is 13.6 Å². The van der Waals surface area contributed by atoms with Crippen molar-refractivity contribution in [1.29, 1.82) is 0 Å². The van der Waals surface area contributed by atoms with Crippen LogP contribution in [0.5, 0.6) is 5.75 Å². The summed E-state index contributed by atoms with van der Waals surface area (Å²) in [7, 11) is 0. The van der Waals surface area contributed by atoms with Crippen LogP contribution in [0, 0.1) is 18.6 Å². The first-order valence-corrected chi connectivity index (χ1v) is 9.68. The second kappa shape index (κ2) is 8.93. The first-order valence-electron chi connectivity index (χ1n) is 8.80. The Bertz CT molecular complexity index is 937. The molecular weight excluding hydrogens is 382 g/mol. The van der Waals surface area contributed by atoms with E-state index in [0.717, 1.165) is 10.7 Å². The number of carbonyl (C=O) groups is 1. The maximum absolute atomic E-state index is 13.7. The SMILES string of the molecule is Cc1nc(COc2ccc(C(=O)NC(C)Cc3c(F)cccc3F)cc2)cs1. The third-order valence-electron chi connectivity index (χ3n) is 4.12. The van der Waals surface area contributed by atoms with Gasteiger partial charge < -0.3 is 10.1 Å². The summed E-state index contributed by atoms with van der Waals surface area (Å²) in [6.45, 7) is 4.00. The van der Waals surface area contributed by atoms with Crippen LogP contribution in [0.4, 0.5) is 8.78 Å². The number of benzene rings is 2. The summed E-state index contributed by atoms with van der Waals surface area (Å²) in [5.41, 5.74) is 1.27. The summed E-state index contributed by atoms with van der Waals surface area (Å²) in [4.78, 5) is 16.7. The fourth-order valence-electron chi connectivity index (χ4n) is 2.73. The molecule has 7 heteroatoms. The molecule has 3 aromatic rings. The summed E-state index contributed by atoms with van der Waals surface area (Å²) in [5.74, 6) is -0.912. The van der Waals surface area contributed by atoms with Crippen LogP contribution in [0.2, 0.25) is 0 Å². The maximum Gasteiger partial charge on any atom is 0.251 e. The maximum atomic E-state index is 13.7. The van der Waals surface area contributed by atoms with Gasteiger partial charge in [-0.25, -0.2) is 13.8 Å². The zero-order valence-corrected chi connectivity index (χ0v) is 16.4. The van der Waals surface area contributed by atoms with Crippen LogP contribution in [-0.4, -0.2) is 16.9 Å². The van der Waals surface area contributed by atoms with Gasteiger partial charge in [-0.05, 0) is 56.7 Å². The van der Waals surface area contributed by atoms with E-state index in [0.29, 0.717) is 17.9 Å². The van der Waals surface area contributed by atoms with E-state index in [1.165, 1.54) is 18.2 Å². The minimum absolute atomic E-state index is 0.0312. The van der Waals surface area contributed by atoms with Gasteiger partial charge in [0.15, 0.2) is 0 Å². The van der Waals surface area contributed by atoms with Crippen molar-refractivity contribution in [3.05, 3.63) is 81.3 Å². The van der Waals surface area contributed by atoms with Gasteiger partial charge >= 0.3 is 0 Å². The van der Waals surface area contributed by atoms with Crippen LogP contribution in [0.1, 0.15) is 33.5 Å². The van der Waals surface area contributed by atoms with Crippen LogP contribution < -0.4 is 10.1 Å². The van der Waals surface area contributed by atoms with Gasteiger partial charge in [-0.15, -0.1) is 11.3 Å². The lowest BCUT2D eigenvalue weighted by atomic mass is 10.1. The molecule has 146 valence electrons. The Hall–Kier alpha value is -2.80. The number of aryl methyl sites for hydroxylation is 1. The van der Waals surface area contributed by atoms with Crippen molar-refractivity contribution in [2.24, 2.45) is 0 Å². The molecular formula is C21H20F2N2O2S. The Morgan fingerprint density at radius 2 is 1.86 bits per heavy atom. The summed E-state index contributed by atoms with van der Waals surface area (Å²) in [5, 5.41) is 5.68. The largest absolute Gasteiger partial charge is 0.487 e. The van der Waals surface area contributed by atoms with Gasteiger partial charge in [0.1, 0.15) is 24.0 Å². The second-order valence-electron chi connectivity index (χ2n) is 6.45. The smallest absolute Gasteiger partial charge is 0.251 e. The minimum Gasteiger partial charge on any atom is -0.487 e. The molecule has 28 heavy (non-hydrogen) atoms. The monoisotopic (exact) mass is 402 g/mol. The minimum atomic E-state index is -0.613. The Kier molecular flexibility index (Phi) is 6.36. The number of amides is 1. The van der Waals surface area contributed by atoms with Gasteiger partial charge in [-0.2, -0.15) is 0 Å². The molecule has 1 atom stereocenters. The molecule has 0 fully saturated rings. The molecule has 3 rings (SSSR count). The van der Waals surface area contributed by atoms with Crippen LogP contribution in [0.3, 0.4) is 0 Å². The summed E-state index contributed by atoms with van der Waals surface area (Å²) in [6.07, 6.45) is 0.0680. The molecule has 0 spiro atoms. The number of rotatable bonds is 7. The van der Waals surface area contributed by atoms with Crippen LogP contribution in [0.15, 0.2) is 47.8 Å². The van der Waals surface area contributed by atoms with E-state index in [4.69, 9.17) is 4.74 Å². The Morgan fingerprint density at radius 3 is 2.46 bits per heavy atom. The second-order valence-corrected chi connectivity index (χ2v) is 7.51. The van der Waals surface area contributed by atoms with Crippen molar-refractivity contribution >= 4 is 17.2 Å². The molecule has 1 N–H and O–H groups in total. The molecule has 0 bridgehead atoms. The highest BCUT2D eigenvalue weighted by Gasteiger charge is 2.15. The highest BCUT2D eigenvalue weighted by atomic mass is 32.1. The van der Waals surface area contributed by atoms with E-state index in [-0.39, 0.29) is 17.9 Å². The van der Waals surface area contributed by atoms with Crippen LogP contribution >= 0.6 is 11.3 Å². The molecule has 1 heterocycles. The number of carbonyl (C=O) groups excluding carboxylic acids is 1. The molecule has 0 radical (unpaired) electrons. The quantitative estimate of drug-likeness (QED) is 0.625. The van der Waals surface area contributed by atoms with E-state index in [1.807, 2.05) is 12.3 Å². The Morgan fingerprint density at radius 1 is 1.18 bits per heavy atom. The van der Waals surface area contributed by atoms with E-state index in [2.05, 4.69) is 10.3 Å². The fraction of sp³-hybridized carbons (Fsp3) is 0.238. The van der Waals surface area contributed by atoms with Crippen molar-refractivity contribution in [3.8, 4) is 5.75 Å². The molecule has 0 saturated carbocycles. The molecule has 2 aromatic carbocycles. The first kappa shape index (κ1) is 19.9. The number of hydrogen-bond donors (Lipinski definition) is 1. The van der Waals surface area contributed by atoms with Gasteiger partial charge in [0, 0.05) is 22.5 Å². The summed E-state index contributed by atoms with van der Waals surface area (Å²) >= 11 is 1.56. The fourth-order valence-corrected chi connectivity index (χ4v) is 3.32. The van der Waals surface area contributed by atoms with Gasteiger partial charge in [0.2, 0.25) is 0 Å². The molecule has 0 aliphatic rings. The lowest BCUT2D eigenvalue weighted by molar-refractivity contribution is 0.0939. The van der Waals surface area contributed by atoms with Crippen LogP contribution in [0.25, 0.3) is 0 Å². The number of ether oxygens (including phenoxy) is 1.